The van der Waals surface area contributed by atoms with Crippen LogP contribution in [0.2, 0.25) is 4.34 Å². The summed E-state index contributed by atoms with van der Waals surface area (Å²) in [6.07, 6.45) is 1.12. The van der Waals surface area contributed by atoms with Crippen LogP contribution in [-0.2, 0) is 14.8 Å². The van der Waals surface area contributed by atoms with Crippen molar-refractivity contribution in [2.24, 2.45) is 0 Å². The van der Waals surface area contributed by atoms with E-state index in [9.17, 15) is 13.2 Å². The average molecular weight is 499 g/mol. The highest BCUT2D eigenvalue weighted by Crippen LogP contribution is 2.34. The van der Waals surface area contributed by atoms with Crippen LogP contribution in [0.5, 0.6) is 0 Å². The van der Waals surface area contributed by atoms with Gasteiger partial charge in [0.15, 0.2) is 5.13 Å². The fourth-order valence-electron chi connectivity index (χ4n) is 3.58. The summed E-state index contributed by atoms with van der Waals surface area (Å²) in [5.41, 5.74) is 0.828. The van der Waals surface area contributed by atoms with Gasteiger partial charge in [0.1, 0.15) is 10.3 Å². The first-order chi connectivity index (χ1) is 14.8. The van der Waals surface area contributed by atoms with Crippen LogP contribution in [0.15, 0.2) is 40.6 Å². The Morgan fingerprint density at radius 1 is 1.19 bits per heavy atom. The predicted octanol–water partition coefficient (Wildman–Crippen LogP) is 3.76. The van der Waals surface area contributed by atoms with E-state index in [1.807, 2.05) is 43.3 Å². The van der Waals surface area contributed by atoms with Gasteiger partial charge in [-0.25, -0.2) is 13.4 Å². The van der Waals surface area contributed by atoms with Crippen molar-refractivity contribution in [3.63, 3.8) is 0 Å². The highest BCUT2D eigenvalue weighted by molar-refractivity contribution is 7.91. The van der Waals surface area contributed by atoms with Crippen molar-refractivity contribution in [2.45, 2.75) is 23.1 Å². The number of rotatable bonds is 7. The van der Waals surface area contributed by atoms with Gasteiger partial charge in [-0.2, -0.15) is 4.31 Å². The zero-order chi connectivity index (χ0) is 22.2. The third-order valence-corrected chi connectivity index (χ3v) is 9.82. The molecule has 0 N–H and O–H groups in total. The van der Waals surface area contributed by atoms with E-state index in [0.717, 1.165) is 21.6 Å². The number of thiophene rings is 1. The summed E-state index contributed by atoms with van der Waals surface area (Å²) >= 11 is 8.42. The second-order valence-corrected chi connectivity index (χ2v) is 12.4. The molecule has 11 heteroatoms. The fourth-order valence-corrected chi connectivity index (χ4v) is 7.84. The van der Waals surface area contributed by atoms with E-state index in [4.69, 9.17) is 11.6 Å². The number of anilines is 1. The van der Waals surface area contributed by atoms with Gasteiger partial charge in [-0.15, -0.1) is 11.3 Å². The number of amides is 1. The maximum Gasteiger partial charge on any atom is 0.253 e. The second kappa shape index (κ2) is 9.13. The summed E-state index contributed by atoms with van der Waals surface area (Å²) in [6.45, 7) is 1.39. The molecule has 1 fully saturated rings. The minimum absolute atomic E-state index is 0.164. The van der Waals surface area contributed by atoms with Crippen LogP contribution in [-0.4, -0.2) is 68.3 Å². The molecule has 1 aliphatic heterocycles. The Kier molecular flexibility index (Phi) is 6.66. The van der Waals surface area contributed by atoms with Gasteiger partial charge < -0.3 is 4.90 Å². The van der Waals surface area contributed by atoms with E-state index in [2.05, 4.69) is 4.98 Å². The number of fused-ring (bicyclic) bond motifs is 1. The molecule has 166 valence electrons. The van der Waals surface area contributed by atoms with Crippen molar-refractivity contribution in [2.75, 3.05) is 38.6 Å². The van der Waals surface area contributed by atoms with Crippen molar-refractivity contribution >= 4 is 65.6 Å². The molecule has 31 heavy (non-hydrogen) atoms. The summed E-state index contributed by atoms with van der Waals surface area (Å²) in [4.78, 5) is 22.0. The van der Waals surface area contributed by atoms with Crippen LogP contribution in [0.3, 0.4) is 0 Å². The van der Waals surface area contributed by atoms with Crippen molar-refractivity contribution < 1.29 is 13.2 Å². The minimum atomic E-state index is -3.79. The lowest BCUT2D eigenvalue weighted by Crippen LogP contribution is -2.49. The van der Waals surface area contributed by atoms with E-state index in [1.165, 1.54) is 21.7 Å². The molecular weight excluding hydrogens is 476 g/mol. The molecule has 3 aromatic rings. The Hall–Kier alpha value is -1.56. The molecular formula is C20H23ClN4O3S3. The first-order valence-electron chi connectivity index (χ1n) is 9.86. The number of halogens is 1. The van der Waals surface area contributed by atoms with Gasteiger partial charge in [-0.1, -0.05) is 35.1 Å². The van der Waals surface area contributed by atoms with Crippen molar-refractivity contribution in [3.8, 4) is 0 Å². The smallest absolute Gasteiger partial charge is 0.253 e. The van der Waals surface area contributed by atoms with Crippen molar-refractivity contribution in [1.29, 1.82) is 0 Å². The number of aromatic nitrogens is 1. The topological polar surface area (TPSA) is 73.8 Å². The molecule has 1 aliphatic rings. The number of hydrogen-bond acceptors (Lipinski definition) is 7. The third kappa shape index (κ3) is 4.64. The third-order valence-electron chi connectivity index (χ3n) is 5.15. The largest absolute Gasteiger partial charge is 0.308 e. The number of carbonyl (C=O) groups excluding carboxylic acids is 1. The highest BCUT2D eigenvalue weighted by atomic mass is 35.5. The molecule has 1 aromatic carbocycles. The summed E-state index contributed by atoms with van der Waals surface area (Å²) in [6, 6.07) is 10.0. The molecule has 0 saturated carbocycles. The quantitative estimate of drug-likeness (QED) is 0.496. The number of benzene rings is 1. The van der Waals surface area contributed by atoms with Crippen LogP contribution in [0, 0.1) is 0 Å². The number of likely N-dealkylation sites (N-methyl/N-ethyl adjacent to an activating group) is 1. The molecule has 3 heterocycles. The highest BCUT2D eigenvalue weighted by Gasteiger charge is 2.42. The molecule has 4 rings (SSSR count). The molecule has 1 unspecified atom stereocenters. The standard InChI is InChI=1S/C20H23ClN4O3S3/c1-23(2)12-13-24(20-22-14-6-3-4-8-16(14)29-20)19(26)15-7-5-11-25(15)31(27,28)18-10-9-17(21)30-18/h3-4,6,8-10,15H,5,7,11-13H2,1-2H3. The van der Waals surface area contributed by atoms with Gasteiger partial charge in [-0.05, 0) is 51.2 Å². The van der Waals surface area contributed by atoms with E-state index >= 15 is 0 Å². The normalized spacial score (nSPS) is 17.6. The molecule has 0 radical (unpaired) electrons. The van der Waals surface area contributed by atoms with E-state index in [0.29, 0.717) is 41.9 Å². The van der Waals surface area contributed by atoms with Crippen LogP contribution < -0.4 is 4.90 Å². The summed E-state index contributed by atoms with van der Waals surface area (Å²) < 4.78 is 29.3. The molecule has 0 aliphatic carbocycles. The number of thiazole rings is 1. The summed E-state index contributed by atoms with van der Waals surface area (Å²) in [5, 5.41) is 0.594. The predicted molar refractivity (Wildman–Crippen MR) is 127 cm³/mol. The van der Waals surface area contributed by atoms with Crippen LogP contribution in [0.25, 0.3) is 10.2 Å². The first kappa shape index (κ1) is 22.6. The number of hydrogen-bond donors (Lipinski definition) is 0. The Labute approximate surface area is 194 Å². The van der Waals surface area contributed by atoms with Gasteiger partial charge in [0.05, 0.1) is 14.6 Å². The Morgan fingerprint density at radius 3 is 2.65 bits per heavy atom. The maximum atomic E-state index is 13.7. The minimum Gasteiger partial charge on any atom is -0.308 e. The fraction of sp³-hybridized carbons (Fsp3) is 0.400. The van der Waals surface area contributed by atoms with Crippen LogP contribution >= 0.6 is 34.3 Å². The number of carbonyl (C=O) groups is 1. The summed E-state index contributed by atoms with van der Waals surface area (Å²) in [7, 11) is 0.0855. The molecule has 7 nitrogen and oxygen atoms in total. The lowest BCUT2D eigenvalue weighted by molar-refractivity contribution is -0.121. The van der Waals surface area contributed by atoms with Crippen molar-refractivity contribution in [1.82, 2.24) is 14.2 Å². The van der Waals surface area contributed by atoms with Crippen LogP contribution in [0.1, 0.15) is 12.8 Å². The monoisotopic (exact) mass is 498 g/mol. The molecule has 1 atom stereocenters. The zero-order valence-electron chi connectivity index (χ0n) is 17.2. The van der Waals surface area contributed by atoms with Gasteiger partial charge in [0.2, 0.25) is 5.91 Å². The Bertz CT molecular complexity index is 1160. The number of para-hydroxylation sites is 1. The van der Waals surface area contributed by atoms with E-state index < -0.39 is 16.1 Å². The Balaban J connectivity index is 1.66. The number of sulfonamides is 1. The Morgan fingerprint density at radius 2 is 1.97 bits per heavy atom. The molecule has 2 aromatic heterocycles. The second-order valence-electron chi connectivity index (χ2n) is 7.59. The first-order valence-corrected chi connectivity index (χ1v) is 13.3. The van der Waals surface area contributed by atoms with E-state index in [1.54, 1.807) is 11.0 Å². The van der Waals surface area contributed by atoms with Gasteiger partial charge in [-0.3, -0.25) is 9.69 Å². The molecule has 1 saturated heterocycles. The lowest BCUT2D eigenvalue weighted by atomic mass is 10.2. The average Bonchev–Trinajstić information content (AvgIpc) is 3.46. The molecule has 0 bridgehead atoms. The SMILES string of the molecule is CN(C)CCN(C(=O)C1CCCN1S(=O)(=O)c1ccc(Cl)s1)c1nc2ccccc2s1. The number of nitrogens with zero attached hydrogens (tertiary/aromatic N) is 4. The van der Waals surface area contributed by atoms with Gasteiger partial charge in [0, 0.05) is 19.6 Å². The lowest BCUT2D eigenvalue weighted by Gasteiger charge is -2.29. The molecule has 0 spiro atoms. The summed E-state index contributed by atoms with van der Waals surface area (Å²) in [5.74, 6) is -0.232. The molecule has 1 amide bonds. The van der Waals surface area contributed by atoms with Crippen LogP contribution in [0.4, 0.5) is 5.13 Å². The van der Waals surface area contributed by atoms with E-state index in [-0.39, 0.29) is 10.1 Å². The zero-order valence-corrected chi connectivity index (χ0v) is 20.4. The van der Waals surface area contributed by atoms with Gasteiger partial charge in [0.25, 0.3) is 10.0 Å². The van der Waals surface area contributed by atoms with Gasteiger partial charge >= 0.3 is 0 Å². The van der Waals surface area contributed by atoms with Crippen molar-refractivity contribution in [3.05, 3.63) is 40.7 Å². The maximum absolute atomic E-state index is 13.7.